The van der Waals surface area contributed by atoms with Crippen molar-refractivity contribution in [1.29, 1.82) is 0 Å². The minimum atomic E-state index is -3.58. The molecule has 0 aliphatic carbocycles. The number of nitrogens with zero attached hydrogens (tertiary/aromatic N) is 1. The van der Waals surface area contributed by atoms with Crippen LogP contribution in [0.4, 0.5) is 5.69 Å². The Hall–Kier alpha value is -1.15. The van der Waals surface area contributed by atoms with Crippen LogP contribution in [0.15, 0.2) is 28.5 Å². The Morgan fingerprint density at radius 2 is 2.20 bits per heavy atom. The second-order valence-electron chi connectivity index (χ2n) is 4.21. The van der Waals surface area contributed by atoms with Crippen molar-refractivity contribution < 1.29 is 8.42 Å². The molecule has 0 unspecified atom stereocenters. The van der Waals surface area contributed by atoms with Crippen molar-refractivity contribution in [2.24, 2.45) is 0 Å². The Morgan fingerprint density at radius 3 is 2.80 bits per heavy atom. The van der Waals surface area contributed by atoms with Gasteiger partial charge in [0.05, 0.1) is 20.6 Å². The van der Waals surface area contributed by atoms with E-state index in [-0.39, 0.29) is 16.5 Å². The number of benzene rings is 1. The standard InChI is InChI=1S/C12H14ClN3O2S2/c1-8-7-19-12(16-8)4-5-15-20(17,18)9-2-3-11(14)10(13)6-9/h2-3,6-7,15H,4-5,14H2,1H3. The summed E-state index contributed by atoms with van der Waals surface area (Å²) in [5.74, 6) is 0. The van der Waals surface area contributed by atoms with Gasteiger partial charge in [0.2, 0.25) is 10.0 Å². The third-order valence-electron chi connectivity index (χ3n) is 2.58. The molecule has 0 amide bonds. The van der Waals surface area contributed by atoms with E-state index >= 15 is 0 Å². The summed E-state index contributed by atoms with van der Waals surface area (Å²) in [4.78, 5) is 4.38. The highest BCUT2D eigenvalue weighted by atomic mass is 35.5. The topological polar surface area (TPSA) is 85.1 Å². The number of anilines is 1. The number of hydrogen-bond acceptors (Lipinski definition) is 5. The molecule has 1 aromatic carbocycles. The molecule has 3 N–H and O–H groups in total. The molecule has 0 atom stereocenters. The van der Waals surface area contributed by atoms with E-state index in [4.69, 9.17) is 17.3 Å². The lowest BCUT2D eigenvalue weighted by Gasteiger charge is -2.07. The molecule has 20 heavy (non-hydrogen) atoms. The maximum Gasteiger partial charge on any atom is 0.240 e. The largest absolute Gasteiger partial charge is 0.398 e. The van der Waals surface area contributed by atoms with Crippen LogP contribution in [-0.2, 0) is 16.4 Å². The van der Waals surface area contributed by atoms with Crippen LogP contribution in [0.3, 0.4) is 0 Å². The predicted molar refractivity (Wildman–Crippen MR) is 81.6 cm³/mol. The molecular weight excluding hydrogens is 318 g/mol. The molecule has 108 valence electrons. The van der Waals surface area contributed by atoms with Gasteiger partial charge < -0.3 is 5.73 Å². The van der Waals surface area contributed by atoms with Crippen molar-refractivity contribution in [2.45, 2.75) is 18.2 Å². The fraction of sp³-hybridized carbons (Fsp3) is 0.250. The summed E-state index contributed by atoms with van der Waals surface area (Å²) in [6.07, 6.45) is 0.556. The number of halogens is 1. The summed E-state index contributed by atoms with van der Waals surface area (Å²) in [7, 11) is -3.58. The lowest BCUT2D eigenvalue weighted by Crippen LogP contribution is -2.26. The number of nitrogen functional groups attached to an aromatic ring is 1. The molecule has 0 saturated carbocycles. The molecule has 0 saturated heterocycles. The minimum absolute atomic E-state index is 0.104. The number of rotatable bonds is 5. The summed E-state index contributed by atoms with van der Waals surface area (Å²) >= 11 is 7.34. The maximum atomic E-state index is 12.1. The van der Waals surface area contributed by atoms with E-state index in [0.29, 0.717) is 12.1 Å². The zero-order chi connectivity index (χ0) is 14.8. The molecule has 8 heteroatoms. The highest BCUT2D eigenvalue weighted by molar-refractivity contribution is 7.89. The molecule has 0 aliphatic rings. The Balaban J connectivity index is 2.02. The second kappa shape index (κ2) is 6.09. The first-order chi connectivity index (χ1) is 9.38. The number of nitrogens with two attached hydrogens (primary N) is 1. The Morgan fingerprint density at radius 1 is 1.45 bits per heavy atom. The van der Waals surface area contributed by atoms with Crippen molar-refractivity contribution in [1.82, 2.24) is 9.71 Å². The van der Waals surface area contributed by atoms with E-state index in [1.807, 2.05) is 12.3 Å². The van der Waals surface area contributed by atoms with Crippen LogP contribution in [0.5, 0.6) is 0 Å². The summed E-state index contributed by atoms with van der Waals surface area (Å²) in [6, 6.07) is 4.24. The van der Waals surface area contributed by atoms with Crippen LogP contribution >= 0.6 is 22.9 Å². The van der Waals surface area contributed by atoms with Gasteiger partial charge in [-0.05, 0) is 25.1 Å². The number of aromatic nitrogens is 1. The van der Waals surface area contributed by atoms with Crippen molar-refractivity contribution in [3.8, 4) is 0 Å². The normalized spacial score (nSPS) is 11.7. The van der Waals surface area contributed by atoms with E-state index in [2.05, 4.69) is 9.71 Å². The van der Waals surface area contributed by atoms with Gasteiger partial charge in [-0.3, -0.25) is 0 Å². The summed E-state index contributed by atoms with van der Waals surface area (Å²) in [5.41, 5.74) is 6.85. The first kappa shape index (κ1) is 15.2. The average Bonchev–Trinajstić information content (AvgIpc) is 2.78. The molecular formula is C12H14ClN3O2S2. The number of sulfonamides is 1. The molecule has 0 spiro atoms. The number of hydrogen-bond donors (Lipinski definition) is 2. The zero-order valence-corrected chi connectivity index (χ0v) is 13.1. The summed E-state index contributed by atoms with van der Waals surface area (Å²) in [5, 5.41) is 3.06. The Bertz CT molecular complexity index is 713. The second-order valence-corrected chi connectivity index (χ2v) is 7.33. The molecule has 0 aliphatic heterocycles. The van der Waals surface area contributed by atoms with Gasteiger partial charge in [-0.2, -0.15) is 0 Å². The SMILES string of the molecule is Cc1csc(CCNS(=O)(=O)c2ccc(N)c(Cl)c2)n1. The Labute approximate surface area is 126 Å². The first-order valence-corrected chi connectivity index (χ1v) is 8.58. The van der Waals surface area contributed by atoms with E-state index < -0.39 is 10.0 Å². The van der Waals surface area contributed by atoms with Crippen molar-refractivity contribution in [3.05, 3.63) is 39.3 Å². The van der Waals surface area contributed by atoms with Crippen molar-refractivity contribution >= 4 is 38.6 Å². The fourth-order valence-electron chi connectivity index (χ4n) is 1.57. The molecule has 0 bridgehead atoms. The molecule has 5 nitrogen and oxygen atoms in total. The molecule has 2 rings (SSSR count). The van der Waals surface area contributed by atoms with Gasteiger partial charge in [0.25, 0.3) is 0 Å². The van der Waals surface area contributed by atoms with Gasteiger partial charge >= 0.3 is 0 Å². The molecule has 2 aromatic rings. The number of aryl methyl sites for hydroxylation is 1. The molecule has 1 aromatic heterocycles. The summed E-state index contributed by atoms with van der Waals surface area (Å²) < 4.78 is 26.6. The average molecular weight is 332 g/mol. The van der Waals surface area contributed by atoms with Gasteiger partial charge in [0.1, 0.15) is 0 Å². The predicted octanol–water partition coefficient (Wildman–Crippen LogP) is 2.21. The maximum absolute atomic E-state index is 12.1. The van der Waals surface area contributed by atoms with Crippen LogP contribution in [0.2, 0.25) is 5.02 Å². The van der Waals surface area contributed by atoms with Gasteiger partial charge in [-0.1, -0.05) is 11.6 Å². The lowest BCUT2D eigenvalue weighted by atomic mass is 10.3. The van der Waals surface area contributed by atoms with Gasteiger partial charge in [0, 0.05) is 24.0 Å². The summed E-state index contributed by atoms with van der Waals surface area (Å²) in [6.45, 7) is 2.19. The van der Waals surface area contributed by atoms with Crippen LogP contribution in [0.1, 0.15) is 10.7 Å². The minimum Gasteiger partial charge on any atom is -0.398 e. The lowest BCUT2D eigenvalue weighted by molar-refractivity contribution is 0.581. The van der Waals surface area contributed by atoms with Crippen molar-refractivity contribution in [3.63, 3.8) is 0 Å². The van der Waals surface area contributed by atoms with Gasteiger partial charge in [0.15, 0.2) is 0 Å². The van der Waals surface area contributed by atoms with E-state index in [9.17, 15) is 8.42 Å². The third kappa shape index (κ3) is 3.69. The van der Waals surface area contributed by atoms with Crippen molar-refractivity contribution in [2.75, 3.05) is 12.3 Å². The van der Waals surface area contributed by atoms with Crippen LogP contribution in [0, 0.1) is 6.92 Å². The first-order valence-electron chi connectivity index (χ1n) is 5.84. The molecule has 0 radical (unpaired) electrons. The monoisotopic (exact) mass is 331 g/mol. The highest BCUT2D eigenvalue weighted by Gasteiger charge is 2.15. The van der Waals surface area contributed by atoms with Gasteiger partial charge in [-0.25, -0.2) is 18.1 Å². The van der Waals surface area contributed by atoms with E-state index in [1.54, 1.807) is 0 Å². The van der Waals surface area contributed by atoms with Crippen LogP contribution < -0.4 is 10.5 Å². The van der Waals surface area contributed by atoms with Crippen LogP contribution in [0.25, 0.3) is 0 Å². The fourth-order valence-corrected chi connectivity index (χ4v) is 3.65. The van der Waals surface area contributed by atoms with Crippen LogP contribution in [-0.4, -0.2) is 19.9 Å². The highest BCUT2D eigenvalue weighted by Crippen LogP contribution is 2.22. The smallest absolute Gasteiger partial charge is 0.240 e. The van der Waals surface area contributed by atoms with E-state index in [1.165, 1.54) is 29.5 Å². The number of thiazole rings is 1. The molecule has 1 heterocycles. The van der Waals surface area contributed by atoms with E-state index in [0.717, 1.165) is 10.7 Å². The number of nitrogens with one attached hydrogen (secondary N) is 1. The molecule has 0 fully saturated rings. The van der Waals surface area contributed by atoms with Gasteiger partial charge in [-0.15, -0.1) is 11.3 Å². The third-order valence-corrected chi connectivity index (χ3v) is 5.39. The zero-order valence-electron chi connectivity index (χ0n) is 10.8. The Kier molecular flexibility index (Phi) is 4.64. The quantitative estimate of drug-likeness (QED) is 0.822.